The Morgan fingerprint density at radius 1 is 0.733 bits per heavy atom. The van der Waals surface area contributed by atoms with Crippen molar-refractivity contribution in [3.8, 4) is 0 Å². The molecule has 0 fully saturated rings. The van der Waals surface area contributed by atoms with Crippen molar-refractivity contribution in [3.63, 3.8) is 0 Å². The van der Waals surface area contributed by atoms with Crippen molar-refractivity contribution in [1.82, 2.24) is 0 Å². The molecule has 0 aromatic carbocycles. The normalized spacial score (nSPS) is 10.5. The minimum atomic E-state index is -2.27. The van der Waals surface area contributed by atoms with Crippen LogP contribution in [0.25, 0.3) is 0 Å². The van der Waals surface area contributed by atoms with Gasteiger partial charge in [-0.2, -0.15) is 0 Å². The van der Waals surface area contributed by atoms with Gasteiger partial charge in [0.05, 0.1) is 0 Å². The molecule has 0 aliphatic heterocycles. The summed E-state index contributed by atoms with van der Waals surface area (Å²) in [5.74, 6) is -3.54. The topological polar surface area (TPSA) is 241 Å². The van der Waals surface area contributed by atoms with E-state index in [1.807, 2.05) is 0 Å². The van der Waals surface area contributed by atoms with Crippen LogP contribution in [0.3, 0.4) is 0 Å². The van der Waals surface area contributed by atoms with Crippen LogP contribution in [0.15, 0.2) is 0 Å². The second-order valence-electron chi connectivity index (χ2n) is 1.57. The van der Waals surface area contributed by atoms with Gasteiger partial charge in [0, 0.05) is 37.7 Å². The van der Waals surface area contributed by atoms with Crippen LogP contribution in [-0.4, -0.2) is 104 Å². The van der Waals surface area contributed by atoms with Gasteiger partial charge in [-0.25, -0.2) is 9.59 Å². The molecule has 0 bridgehead atoms. The third-order valence-electron chi connectivity index (χ3n) is 0.805. The molecule has 0 heterocycles. The minimum Gasteiger partial charge on any atom is -0.479 e. The molecule has 0 rings (SSSR count). The van der Waals surface area contributed by atoms with Crippen molar-refractivity contribution in [1.29, 1.82) is 0 Å². The van der Waals surface area contributed by atoms with Gasteiger partial charge in [-0.1, -0.05) is 0 Å². The summed E-state index contributed by atoms with van der Waals surface area (Å²) in [4.78, 5) is 19.5. The number of hydrogen-bond donors (Lipinski definition) is 4. The van der Waals surface area contributed by atoms with Crippen LogP contribution in [0.5, 0.6) is 0 Å². The Kier molecular flexibility index (Phi) is 39.7. The Balaban J connectivity index is -0.0000000405. The fourth-order valence-electron chi connectivity index (χ4n) is 0.270. The first-order valence-electron chi connectivity index (χ1n) is 2.28. The summed E-state index contributed by atoms with van der Waals surface area (Å²) in [6, 6.07) is 0. The zero-order valence-corrected chi connectivity index (χ0v) is 9.68. The summed E-state index contributed by atoms with van der Waals surface area (Å²) < 4.78 is 0. The second kappa shape index (κ2) is 16.4. The van der Waals surface area contributed by atoms with Gasteiger partial charge in [-0.15, -0.1) is 0 Å². The average Bonchev–Trinajstić information content (AvgIpc) is 1.84. The van der Waals surface area contributed by atoms with Gasteiger partial charge in [0.25, 0.3) is 0 Å². The molecule has 0 saturated carbocycles. The Hall–Kier alpha value is -0.0403. The van der Waals surface area contributed by atoms with Gasteiger partial charge in [-0.3, -0.25) is 0 Å². The van der Waals surface area contributed by atoms with E-state index in [1.54, 1.807) is 0 Å². The van der Waals surface area contributed by atoms with E-state index >= 15 is 0 Å². The monoisotopic (exact) mass is 262 g/mol. The molecular formula is C4H14CaO10. The quantitative estimate of drug-likeness (QED) is 0.360. The minimum absolute atomic E-state index is 0. The van der Waals surface area contributed by atoms with Gasteiger partial charge in [0.15, 0.2) is 12.2 Å². The first-order valence-corrected chi connectivity index (χ1v) is 2.28. The standard InChI is InChI=1S/C4H6O6.Ca.4H2O/c5-1(3(7)8)2(6)4(9)10;;;;;/h1-2,5-6H,(H,7,8)(H,9,10);;4*1H2/t1-,2-;;;;;/m1...../s1. The third kappa shape index (κ3) is 14.0. The van der Waals surface area contributed by atoms with Crippen LogP contribution in [0.4, 0.5) is 0 Å². The number of rotatable bonds is 3. The average molecular weight is 262 g/mol. The van der Waals surface area contributed by atoms with Crippen LogP contribution in [0.2, 0.25) is 0 Å². The van der Waals surface area contributed by atoms with Crippen molar-refractivity contribution < 1.29 is 51.9 Å². The van der Waals surface area contributed by atoms with E-state index in [9.17, 15) is 9.59 Å². The Labute approximate surface area is 113 Å². The van der Waals surface area contributed by atoms with Crippen molar-refractivity contribution in [2.75, 3.05) is 0 Å². The van der Waals surface area contributed by atoms with Crippen LogP contribution >= 0.6 is 0 Å². The summed E-state index contributed by atoms with van der Waals surface area (Å²) in [5.41, 5.74) is 0. The number of carboxylic acid groups (broad SMARTS) is 2. The molecule has 11 heteroatoms. The summed E-state index contributed by atoms with van der Waals surface area (Å²) in [5, 5.41) is 32.5. The van der Waals surface area contributed by atoms with Crippen molar-refractivity contribution in [2.24, 2.45) is 0 Å². The molecule has 2 radical (unpaired) electrons. The van der Waals surface area contributed by atoms with Gasteiger partial charge in [0.2, 0.25) is 0 Å². The Morgan fingerprint density at radius 3 is 0.933 bits per heavy atom. The molecule has 0 saturated heterocycles. The largest absolute Gasteiger partial charge is 0.479 e. The van der Waals surface area contributed by atoms with E-state index in [4.69, 9.17) is 20.4 Å². The second-order valence-corrected chi connectivity index (χ2v) is 1.57. The zero-order chi connectivity index (χ0) is 8.31. The number of aliphatic carboxylic acids is 2. The molecule has 92 valence electrons. The fraction of sp³-hybridized carbons (Fsp3) is 0.500. The van der Waals surface area contributed by atoms with E-state index in [0.717, 1.165) is 0 Å². The van der Waals surface area contributed by atoms with E-state index in [-0.39, 0.29) is 59.6 Å². The molecular weight excluding hydrogens is 248 g/mol. The van der Waals surface area contributed by atoms with E-state index < -0.39 is 24.1 Å². The SMILES string of the molecule is O.O.O.O.O=C(O)[C@H](O)[C@@H](O)C(=O)O.[Ca]. The van der Waals surface area contributed by atoms with E-state index in [0.29, 0.717) is 0 Å². The van der Waals surface area contributed by atoms with Crippen LogP contribution in [0, 0.1) is 0 Å². The number of hydrogen-bond acceptors (Lipinski definition) is 4. The molecule has 0 aliphatic carbocycles. The molecule has 12 N–H and O–H groups in total. The van der Waals surface area contributed by atoms with Crippen molar-refractivity contribution >= 4 is 49.7 Å². The molecule has 15 heavy (non-hydrogen) atoms. The summed E-state index contributed by atoms with van der Waals surface area (Å²) in [6.07, 6.45) is -4.53. The van der Waals surface area contributed by atoms with E-state index in [2.05, 4.69) is 0 Å². The first-order chi connectivity index (χ1) is 4.46. The molecule has 0 amide bonds. The molecule has 10 nitrogen and oxygen atoms in total. The molecule has 2 atom stereocenters. The van der Waals surface area contributed by atoms with Crippen molar-refractivity contribution in [2.45, 2.75) is 12.2 Å². The predicted molar refractivity (Wildman–Crippen MR) is 47.5 cm³/mol. The maximum atomic E-state index is 9.77. The summed E-state index contributed by atoms with van der Waals surface area (Å²) in [6.45, 7) is 0. The summed E-state index contributed by atoms with van der Waals surface area (Å²) in [7, 11) is 0. The van der Waals surface area contributed by atoms with Crippen LogP contribution in [0.1, 0.15) is 0 Å². The smallest absolute Gasteiger partial charge is 0.335 e. The Morgan fingerprint density at radius 2 is 0.867 bits per heavy atom. The van der Waals surface area contributed by atoms with Crippen molar-refractivity contribution in [3.05, 3.63) is 0 Å². The predicted octanol–water partition coefficient (Wildman–Crippen LogP) is -5.80. The third-order valence-corrected chi connectivity index (χ3v) is 0.805. The molecule has 0 aromatic heterocycles. The van der Waals surface area contributed by atoms with Gasteiger partial charge in [0.1, 0.15) is 0 Å². The van der Waals surface area contributed by atoms with E-state index in [1.165, 1.54) is 0 Å². The van der Waals surface area contributed by atoms with Crippen LogP contribution < -0.4 is 0 Å². The maximum Gasteiger partial charge on any atom is 0.335 e. The first kappa shape index (κ1) is 36.3. The van der Waals surface area contributed by atoms with Gasteiger partial charge < -0.3 is 42.3 Å². The zero-order valence-electron chi connectivity index (χ0n) is 7.47. The number of carboxylic acids is 2. The summed E-state index contributed by atoms with van der Waals surface area (Å²) >= 11 is 0. The van der Waals surface area contributed by atoms with Gasteiger partial charge >= 0.3 is 11.9 Å². The fourth-order valence-corrected chi connectivity index (χ4v) is 0.270. The number of aliphatic hydroxyl groups excluding tert-OH is 2. The molecule has 0 spiro atoms. The van der Waals surface area contributed by atoms with Gasteiger partial charge in [-0.05, 0) is 0 Å². The molecule has 0 aliphatic rings. The van der Waals surface area contributed by atoms with Crippen LogP contribution in [-0.2, 0) is 9.59 Å². The molecule has 0 unspecified atom stereocenters. The number of carbonyl (C=O) groups is 2. The molecule has 0 aromatic rings. The number of aliphatic hydroxyl groups is 2. The maximum absolute atomic E-state index is 9.77. The Bertz CT molecular complexity index is 142.